The van der Waals surface area contributed by atoms with Crippen LogP contribution in [0.3, 0.4) is 0 Å². The number of hydrogen-bond donors (Lipinski definition) is 0. The summed E-state index contributed by atoms with van der Waals surface area (Å²) in [5, 5.41) is 0. The highest BCUT2D eigenvalue weighted by Gasteiger charge is 2.30. The Morgan fingerprint density at radius 1 is 1.03 bits per heavy atom. The van der Waals surface area contributed by atoms with Gasteiger partial charge in [0.25, 0.3) is 15.9 Å². The largest absolute Gasteiger partial charge is 0.495 e. The number of aromatic nitrogens is 1. The zero-order valence-electron chi connectivity index (χ0n) is 18.1. The molecule has 0 spiro atoms. The molecule has 3 aromatic carbocycles. The topological polar surface area (TPSA) is 81.0 Å². The number of rotatable bonds is 4. The Hall–Kier alpha value is -3.43. The van der Waals surface area contributed by atoms with Crippen LogP contribution in [-0.4, -0.2) is 32.5 Å². The molecule has 4 aromatic rings. The van der Waals surface area contributed by atoms with Gasteiger partial charge in [0.1, 0.15) is 11.3 Å². The summed E-state index contributed by atoms with van der Waals surface area (Å²) in [5.41, 5.74) is 2.91. The van der Waals surface area contributed by atoms with Crippen molar-refractivity contribution in [2.75, 3.05) is 18.0 Å². The average Bonchev–Trinajstić information content (AvgIpc) is 3.41. The third-order valence-electron chi connectivity index (χ3n) is 5.74. The maximum Gasteiger partial charge on any atom is 0.279 e. The standard InChI is InChI=1S/C24H21N3O4S2/c1-26-22-20(31-2)8-5-9-21(22)32-24(26)25-23(28)17-10-12-18(13-11-17)33(29,30)27-15-14-16-6-3-4-7-19(16)27/h3-13H,14-15H2,1-2H3. The highest BCUT2D eigenvalue weighted by Crippen LogP contribution is 2.32. The number of carbonyl (C=O) groups is 1. The number of ether oxygens (including phenoxy) is 1. The summed E-state index contributed by atoms with van der Waals surface area (Å²) in [4.78, 5) is 17.8. The normalized spacial score (nSPS) is 14.0. The summed E-state index contributed by atoms with van der Waals surface area (Å²) in [6.07, 6.45) is 0.682. The minimum Gasteiger partial charge on any atom is -0.495 e. The van der Waals surface area contributed by atoms with Gasteiger partial charge in [-0.25, -0.2) is 8.42 Å². The molecule has 9 heteroatoms. The van der Waals surface area contributed by atoms with Crippen molar-refractivity contribution in [3.63, 3.8) is 0 Å². The fourth-order valence-corrected chi connectivity index (χ4v) is 6.58. The highest BCUT2D eigenvalue weighted by molar-refractivity contribution is 7.92. The molecule has 0 unspecified atom stereocenters. The number of para-hydroxylation sites is 2. The molecule has 168 valence electrons. The number of carbonyl (C=O) groups excluding carboxylic acids is 1. The van der Waals surface area contributed by atoms with E-state index in [1.807, 2.05) is 54.1 Å². The maximum absolute atomic E-state index is 13.2. The molecule has 0 saturated carbocycles. The quantitative estimate of drug-likeness (QED) is 0.447. The lowest BCUT2D eigenvalue weighted by atomic mass is 10.2. The summed E-state index contributed by atoms with van der Waals surface area (Å²) in [5.74, 6) is 0.268. The molecule has 2 heterocycles. The monoisotopic (exact) mass is 479 g/mol. The molecule has 0 radical (unpaired) electrons. The predicted octanol–water partition coefficient (Wildman–Crippen LogP) is 3.74. The molecule has 1 aliphatic heterocycles. The first-order valence-corrected chi connectivity index (χ1v) is 12.6. The minimum absolute atomic E-state index is 0.146. The van der Waals surface area contributed by atoms with Gasteiger partial charge in [-0.1, -0.05) is 35.6 Å². The SMILES string of the molecule is COc1cccc2sc(=NC(=O)c3ccc(S(=O)(=O)N4CCc5ccccc54)cc3)n(C)c12. The van der Waals surface area contributed by atoms with E-state index in [4.69, 9.17) is 4.74 Å². The third-order valence-corrected chi connectivity index (χ3v) is 8.66. The third kappa shape index (κ3) is 3.63. The van der Waals surface area contributed by atoms with Gasteiger partial charge in [-0.2, -0.15) is 4.99 Å². The van der Waals surface area contributed by atoms with Crippen molar-refractivity contribution in [2.45, 2.75) is 11.3 Å². The molecule has 1 aromatic heterocycles. The van der Waals surface area contributed by atoms with Gasteiger partial charge in [0.15, 0.2) is 4.80 Å². The summed E-state index contributed by atoms with van der Waals surface area (Å²) in [6, 6.07) is 19.1. The summed E-state index contributed by atoms with van der Waals surface area (Å²) < 4.78 is 36.0. The molecule has 33 heavy (non-hydrogen) atoms. The maximum atomic E-state index is 13.2. The lowest BCUT2D eigenvalue weighted by Crippen LogP contribution is -2.29. The van der Waals surface area contributed by atoms with E-state index in [1.54, 1.807) is 7.11 Å². The van der Waals surface area contributed by atoms with Gasteiger partial charge in [-0.05, 0) is 54.4 Å². The van der Waals surface area contributed by atoms with Crippen molar-refractivity contribution < 1.29 is 17.9 Å². The van der Waals surface area contributed by atoms with E-state index >= 15 is 0 Å². The van der Waals surface area contributed by atoms with Gasteiger partial charge in [-0.3, -0.25) is 9.10 Å². The van der Waals surface area contributed by atoms with Gasteiger partial charge < -0.3 is 9.30 Å². The first kappa shape index (κ1) is 21.4. The van der Waals surface area contributed by atoms with E-state index in [0.29, 0.717) is 34.8 Å². The molecule has 0 N–H and O–H groups in total. The Kier molecular flexibility index (Phi) is 5.30. The number of anilines is 1. The molecule has 7 nitrogen and oxygen atoms in total. The van der Waals surface area contributed by atoms with Gasteiger partial charge in [0, 0.05) is 19.2 Å². The van der Waals surface area contributed by atoms with E-state index in [0.717, 1.165) is 15.8 Å². The number of nitrogens with zero attached hydrogens (tertiary/aromatic N) is 3. The molecule has 0 atom stereocenters. The zero-order chi connectivity index (χ0) is 23.2. The molecule has 1 amide bonds. The van der Waals surface area contributed by atoms with E-state index in [2.05, 4.69) is 4.99 Å². The van der Waals surface area contributed by atoms with Crippen molar-refractivity contribution in [2.24, 2.45) is 12.0 Å². The Morgan fingerprint density at radius 2 is 1.79 bits per heavy atom. The van der Waals surface area contributed by atoms with Crippen LogP contribution in [-0.2, 0) is 23.5 Å². The van der Waals surface area contributed by atoms with Crippen LogP contribution in [0.5, 0.6) is 5.75 Å². The highest BCUT2D eigenvalue weighted by atomic mass is 32.2. The molecule has 0 bridgehead atoms. The van der Waals surface area contributed by atoms with Crippen LogP contribution in [0.1, 0.15) is 15.9 Å². The van der Waals surface area contributed by atoms with E-state index in [-0.39, 0.29) is 4.90 Å². The molecule has 0 fully saturated rings. The van der Waals surface area contributed by atoms with Crippen LogP contribution in [0.2, 0.25) is 0 Å². The summed E-state index contributed by atoms with van der Waals surface area (Å²) in [6.45, 7) is 0.406. The average molecular weight is 480 g/mol. The Balaban J connectivity index is 1.45. The van der Waals surface area contributed by atoms with Crippen LogP contribution < -0.4 is 13.8 Å². The number of sulfonamides is 1. The molecule has 5 rings (SSSR count). The number of amides is 1. The van der Waals surface area contributed by atoms with Crippen LogP contribution in [0.15, 0.2) is 76.6 Å². The van der Waals surface area contributed by atoms with Gasteiger partial charge in [0.2, 0.25) is 0 Å². The van der Waals surface area contributed by atoms with Gasteiger partial charge in [-0.15, -0.1) is 0 Å². The first-order chi connectivity index (χ1) is 15.9. The second kappa shape index (κ2) is 8.17. The fraction of sp³-hybridized carbons (Fsp3) is 0.167. The van der Waals surface area contributed by atoms with Crippen molar-refractivity contribution in [1.82, 2.24) is 4.57 Å². The zero-order valence-corrected chi connectivity index (χ0v) is 19.7. The first-order valence-electron chi connectivity index (χ1n) is 10.3. The Labute approximate surface area is 195 Å². The van der Waals surface area contributed by atoms with E-state index in [1.165, 1.54) is 39.9 Å². The second-order valence-corrected chi connectivity index (χ2v) is 10.5. The summed E-state index contributed by atoms with van der Waals surface area (Å²) >= 11 is 1.39. The number of fused-ring (bicyclic) bond motifs is 2. The lowest BCUT2D eigenvalue weighted by molar-refractivity contribution is 0.0998. The van der Waals surface area contributed by atoms with E-state index in [9.17, 15) is 13.2 Å². The predicted molar refractivity (Wildman–Crippen MR) is 128 cm³/mol. The number of aryl methyl sites for hydroxylation is 1. The second-order valence-electron chi connectivity index (χ2n) is 7.65. The van der Waals surface area contributed by atoms with Crippen molar-refractivity contribution in [1.29, 1.82) is 0 Å². The summed E-state index contributed by atoms with van der Waals surface area (Å²) in [7, 11) is -0.277. The lowest BCUT2D eigenvalue weighted by Gasteiger charge is -2.19. The van der Waals surface area contributed by atoms with Crippen LogP contribution in [0, 0.1) is 0 Å². The molecular weight excluding hydrogens is 458 g/mol. The molecule has 1 aliphatic rings. The van der Waals surface area contributed by atoms with Crippen LogP contribution in [0.4, 0.5) is 5.69 Å². The molecular formula is C24H21N3O4S2. The van der Waals surface area contributed by atoms with Crippen LogP contribution >= 0.6 is 11.3 Å². The van der Waals surface area contributed by atoms with Gasteiger partial charge in [0.05, 0.1) is 22.4 Å². The fourth-order valence-electron chi connectivity index (χ4n) is 4.05. The van der Waals surface area contributed by atoms with Crippen molar-refractivity contribution >= 4 is 43.2 Å². The molecule has 0 saturated heterocycles. The number of hydrogen-bond acceptors (Lipinski definition) is 5. The number of thiazole rings is 1. The Morgan fingerprint density at radius 3 is 2.55 bits per heavy atom. The molecule has 0 aliphatic carbocycles. The number of methoxy groups -OCH3 is 1. The smallest absolute Gasteiger partial charge is 0.279 e. The van der Waals surface area contributed by atoms with E-state index < -0.39 is 15.9 Å². The van der Waals surface area contributed by atoms with Crippen molar-refractivity contribution in [3.05, 3.63) is 82.7 Å². The van der Waals surface area contributed by atoms with Gasteiger partial charge >= 0.3 is 0 Å². The number of benzene rings is 3. The minimum atomic E-state index is -3.71. The van der Waals surface area contributed by atoms with Crippen molar-refractivity contribution in [3.8, 4) is 5.75 Å². The Bertz CT molecular complexity index is 1550. The van der Waals surface area contributed by atoms with Crippen LogP contribution in [0.25, 0.3) is 10.2 Å².